The maximum atomic E-state index is 11.7. The zero-order valence-electron chi connectivity index (χ0n) is 17.6. The molecule has 7 nitrogen and oxygen atoms in total. The molecule has 2 N–H and O–H groups in total. The Bertz CT molecular complexity index is 787. The highest BCUT2D eigenvalue weighted by Crippen LogP contribution is 2.24. The fourth-order valence-electron chi connectivity index (χ4n) is 3.52. The third-order valence-corrected chi connectivity index (χ3v) is 5.06. The monoisotopic (exact) mass is 526 g/mol. The molecule has 2 heterocycles. The van der Waals surface area contributed by atoms with Crippen molar-refractivity contribution in [2.75, 3.05) is 33.3 Å². The summed E-state index contributed by atoms with van der Waals surface area (Å²) in [4.78, 5) is 18.5. The number of rotatable bonds is 8. The maximum absolute atomic E-state index is 11.7. The number of carbonyl (C=O) groups excluding carboxylic acids is 1. The summed E-state index contributed by atoms with van der Waals surface area (Å²) in [5, 5.41) is 6.74. The van der Waals surface area contributed by atoms with Gasteiger partial charge in [0, 0.05) is 20.1 Å². The second kappa shape index (κ2) is 12.6. The number of carbonyl (C=O) groups is 1. The van der Waals surface area contributed by atoms with Gasteiger partial charge in [-0.25, -0.2) is 4.79 Å². The predicted octanol–water partition coefficient (Wildman–Crippen LogP) is 3.58. The second-order valence-corrected chi connectivity index (χ2v) is 7.00. The number of likely N-dealkylation sites (tertiary alicyclic amines) is 1. The van der Waals surface area contributed by atoms with Crippen LogP contribution in [0.4, 0.5) is 0 Å². The summed E-state index contributed by atoms with van der Waals surface area (Å²) in [5.74, 6) is 1.41. The third kappa shape index (κ3) is 6.73. The summed E-state index contributed by atoms with van der Waals surface area (Å²) >= 11 is 0. The van der Waals surface area contributed by atoms with E-state index in [0.717, 1.165) is 36.9 Å². The lowest BCUT2D eigenvalue weighted by Crippen LogP contribution is -2.42. The van der Waals surface area contributed by atoms with Gasteiger partial charge in [-0.3, -0.25) is 9.89 Å². The van der Waals surface area contributed by atoms with Gasteiger partial charge in [0.1, 0.15) is 5.76 Å². The fraction of sp³-hybridized carbons (Fsp3) is 0.455. The summed E-state index contributed by atoms with van der Waals surface area (Å²) in [5.41, 5.74) is 1.62. The molecule has 0 bridgehead atoms. The van der Waals surface area contributed by atoms with Gasteiger partial charge in [-0.2, -0.15) is 0 Å². The molecular formula is C22H31IN4O3. The number of guanidine groups is 1. The number of hydrogen-bond donors (Lipinski definition) is 2. The number of nitrogens with zero attached hydrogens (tertiary/aromatic N) is 2. The van der Waals surface area contributed by atoms with Crippen LogP contribution in [0.25, 0.3) is 0 Å². The molecule has 0 saturated carbocycles. The van der Waals surface area contributed by atoms with E-state index >= 15 is 0 Å². The lowest BCUT2D eigenvalue weighted by Gasteiger charge is -2.26. The van der Waals surface area contributed by atoms with Crippen molar-refractivity contribution in [1.82, 2.24) is 15.5 Å². The average molecular weight is 526 g/mol. The van der Waals surface area contributed by atoms with Crippen LogP contribution in [0.5, 0.6) is 0 Å². The van der Waals surface area contributed by atoms with Crippen molar-refractivity contribution in [2.24, 2.45) is 4.99 Å². The van der Waals surface area contributed by atoms with Crippen LogP contribution in [0.15, 0.2) is 52.1 Å². The number of nitrogens with one attached hydrogen (secondary N) is 2. The zero-order chi connectivity index (χ0) is 20.5. The average Bonchev–Trinajstić information content (AvgIpc) is 3.46. The van der Waals surface area contributed by atoms with E-state index in [9.17, 15) is 4.79 Å². The standard InChI is InChI=1S/C22H30N4O3.HI/c1-3-28-21(27)18-10-8-17(9-11-18)15-24-22(23-2)25-16-19(20-7-6-14-29-20)26-12-4-5-13-26;/h6-11,14,19H,3-5,12-13,15-16H2,1-2H3,(H2,23,24,25);1H. The Morgan fingerprint density at radius 1 is 1.20 bits per heavy atom. The number of furan rings is 1. The van der Waals surface area contributed by atoms with Crippen LogP contribution in [0.3, 0.4) is 0 Å². The number of hydrogen-bond acceptors (Lipinski definition) is 5. The molecule has 1 unspecified atom stereocenters. The Balaban J connectivity index is 0.00000320. The summed E-state index contributed by atoms with van der Waals surface area (Å²) in [6.07, 6.45) is 4.18. The molecular weight excluding hydrogens is 495 g/mol. The molecule has 1 aromatic carbocycles. The van der Waals surface area contributed by atoms with E-state index < -0.39 is 0 Å². The minimum atomic E-state index is -0.296. The number of ether oxygens (including phenoxy) is 1. The van der Waals surface area contributed by atoms with Crippen LogP contribution in [0.2, 0.25) is 0 Å². The fourth-order valence-corrected chi connectivity index (χ4v) is 3.52. The van der Waals surface area contributed by atoms with Crippen molar-refractivity contribution in [2.45, 2.75) is 32.4 Å². The van der Waals surface area contributed by atoms with Gasteiger partial charge in [0.2, 0.25) is 0 Å². The maximum Gasteiger partial charge on any atom is 0.338 e. The van der Waals surface area contributed by atoms with Gasteiger partial charge < -0.3 is 19.8 Å². The Labute approximate surface area is 195 Å². The van der Waals surface area contributed by atoms with E-state index in [0.29, 0.717) is 18.7 Å². The Kier molecular flexibility index (Phi) is 10.2. The summed E-state index contributed by atoms with van der Waals surface area (Å²) in [6, 6.07) is 11.6. The number of halogens is 1. The first-order valence-corrected chi connectivity index (χ1v) is 10.2. The molecule has 0 amide bonds. The van der Waals surface area contributed by atoms with E-state index in [-0.39, 0.29) is 36.0 Å². The predicted molar refractivity (Wildman–Crippen MR) is 128 cm³/mol. The van der Waals surface area contributed by atoms with E-state index in [2.05, 4.69) is 20.5 Å². The molecule has 30 heavy (non-hydrogen) atoms. The van der Waals surface area contributed by atoms with Gasteiger partial charge in [0.25, 0.3) is 0 Å². The van der Waals surface area contributed by atoms with Crippen LogP contribution >= 0.6 is 24.0 Å². The molecule has 1 aliphatic heterocycles. The van der Waals surface area contributed by atoms with Gasteiger partial charge in [-0.05, 0) is 62.7 Å². The topological polar surface area (TPSA) is 79.1 Å². The SMILES string of the molecule is CCOC(=O)c1ccc(CNC(=NC)NCC(c2ccco2)N2CCCC2)cc1.I. The minimum Gasteiger partial charge on any atom is -0.468 e. The number of aliphatic imine (C=N–C) groups is 1. The Morgan fingerprint density at radius 2 is 1.93 bits per heavy atom. The lowest BCUT2D eigenvalue weighted by atomic mass is 10.1. The normalized spacial score (nSPS) is 15.3. The highest BCUT2D eigenvalue weighted by molar-refractivity contribution is 14.0. The zero-order valence-corrected chi connectivity index (χ0v) is 19.9. The first-order chi connectivity index (χ1) is 14.2. The van der Waals surface area contributed by atoms with Gasteiger partial charge in [-0.1, -0.05) is 12.1 Å². The van der Waals surface area contributed by atoms with Crippen LogP contribution < -0.4 is 10.6 Å². The first-order valence-electron chi connectivity index (χ1n) is 10.2. The van der Waals surface area contributed by atoms with Crippen molar-refractivity contribution >= 4 is 35.9 Å². The van der Waals surface area contributed by atoms with Crippen molar-refractivity contribution in [3.63, 3.8) is 0 Å². The van der Waals surface area contributed by atoms with Crippen molar-refractivity contribution in [1.29, 1.82) is 0 Å². The molecule has 0 radical (unpaired) electrons. The smallest absolute Gasteiger partial charge is 0.338 e. The molecule has 0 aliphatic carbocycles. The first kappa shape index (κ1) is 24.2. The largest absolute Gasteiger partial charge is 0.468 e. The minimum absolute atomic E-state index is 0. The van der Waals surface area contributed by atoms with Crippen molar-refractivity contribution in [3.05, 3.63) is 59.5 Å². The molecule has 1 atom stereocenters. The lowest BCUT2D eigenvalue weighted by molar-refractivity contribution is 0.0526. The highest BCUT2D eigenvalue weighted by atomic mass is 127. The quantitative estimate of drug-likeness (QED) is 0.237. The molecule has 0 spiro atoms. The van der Waals surface area contributed by atoms with Crippen LogP contribution in [-0.4, -0.2) is 50.1 Å². The summed E-state index contributed by atoms with van der Waals surface area (Å²) in [7, 11) is 1.76. The number of benzene rings is 1. The molecule has 2 aromatic rings. The Morgan fingerprint density at radius 3 is 2.53 bits per heavy atom. The van der Waals surface area contributed by atoms with Gasteiger partial charge in [-0.15, -0.1) is 24.0 Å². The van der Waals surface area contributed by atoms with Crippen molar-refractivity contribution < 1.29 is 13.9 Å². The molecule has 1 fully saturated rings. The van der Waals surface area contributed by atoms with Gasteiger partial charge >= 0.3 is 5.97 Å². The van der Waals surface area contributed by atoms with Crippen molar-refractivity contribution in [3.8, 4) is 0 Å². The molecule has 1 saturated heterocycles. The molecule has 1 aliphatic rings. The van der Waals surface area contributed by atoms with Crippen LogP contribution in [0, 0.1) is 0 Å². The molecule has 1 aromatic heterocycles. The van der Waals surface area contributed by atoms with Crippen LogP contribution in [-0.2, 0) is 11.3 Å². The van der Waals surface area contributed by atoms with E-state index in [1.165, 1.54) is 12.8 Å². The van der Waals surface area contributed by atoms with E-state index in [1.807, 2.05) is 24.3 Å². The van der Waals surface area contributed by atoms with Gasteiger partial charge in [0.15, 0.2) is 5.96 Å². The van der Waals surface area contributed by atoms with Crippen LogP contribution in [0.1, 0.15) is 47.5 Å². The van der Waals surface area contributed by atoms with Gasteiger partial charge in [0.05, 0.1) is 24.5 Å². The van der Waals surface area contributed by atoms with E-state index in [1.54, 1.807) is 32.4 Å². The number of esters is 1. The van der Waals surface area contributed by atoms with E-state index in [4.69, 9.17) is 9.15 Å². The summed E-state index contributed by atoms with van der Waals surface area (Å²) in [6.45, 7) is 5.68. The Hall–Kier alpha value is -2.07. The summed E-state index contributed by atoms with van der Waals surface area (Å²) < 4.78 is 10.7. The highest BCUT2D eigenvalue weighted by Gasteiger charge is 2.25. The third-order valence-electron chi connectivity index (χ3n) is 5.06. The second-order valence-electron chi connectivity index (χ2n) is 7.00. The molecule has 164 valence electrons. The molecule has 8 heteroatoms. The molecule has 3 rings (SSSR count).